The third-order valence-corrected chi connectivity index (χ3v) is 3.28. The van der Waals surface area contributed by atoms with Crippen molar-refractivity contribution in [2.24, 2.45) is 7.05 Å². The normalized spacial score (nSPS) is 10.6. The van der Waals surface area contributed by atoms with Gasteiger partial charge in [-0.1, -0.05) is 18.2 Å². The van der Waals surface area contributed by atoms with Gasteiger partial charge in [0.15, 0.2) is 0 Å². The first-order valence-corrected chi connectivity index (χ1v) is 5.74. The first-order valence-electron chi connectivity index (χ1n) is 5.74. The zero-order chi connectivity index (χ0) is 12.6. The molecule has 0 aliphatic heterocycles. The molecule has 1 aromatic heterocycles. The van der Waals surface area contributed by atoms with Gasteiger partial charge in [0, 0.05) is 18.8 Å². The van der Waals surface area contributed by atoms with E-state index < -0.39 is 0 Å². The first kappa shape index (κ1) is 11.6. The standard InChI is InChI=1S/C15H17NO/c1-10-6-5-7-14(12(10)3)13-8-11(2)15(17)16(4)9-13/h5-9H,1-4H3. The number of aromatic nitrogens is 1. The van der Waals surface area contributed by atoms with Crippen LogP contribution in [-0.2, 0) is 7.05 Å². The minimum absolute atomic E-state index is 0.0686. The van der Waals surface area contributed by atoms with E-state index in [4.69, 9.17) is 0 Å². The molecular weight excluding hydrogens is 210 g/mol. The fourth-order valence-corrected chi connectivity index (χ4v) is 2.09. The summed E-state index contributed by atoms with van der Waals surface area (Å²) in [5, 5.41) is 0. The van der Waals surface area contributed by atoms with Crippen molar-refractivity contribution in [3.8, 4) is 11.1 Å². The van der Waals surface area contributed by atoms with Gasteiger partial charge in [-0.3, -0.25) is 4.79 Å². The molecule has 17 heavy (non-hydrogen) atoms. The lowest BCUT2D eigenvalue weighted by Crippen LogP contribution is -2.18. The molecule has 0 bridgehead atoms. The highest BCUT2D eigenvalue weighted by molar-refractivity contribution is 5.68. The highest BCUT2D eigenvalue weighted by Gasteiger charge is 2.06. The number of benzene rings is 1. The van der Waals surface area contributed by atoms with Crippen LogP contribution in [0, 0.1) is 20.8 Å². The molecule has 1 heterocycles. The van der Waals surface area contributed by atoms with Crippen molar-refractivity contribution in [3.63, 3.8) is 0 Å². The number of aryl methyl sites for hydroxylation is 3. The minimum Gasteiger partial charge on any atom is -0.318 e. The summed E-state index contributed by atoms with van der Waals surface area (Å²) in [6.07, 6.45) is 1.90. The summed E-state index contributed by atoms with van der Waals surface area (Å²) in [6.45, 7) is 6.08. The molecule has 2 heteroatoms. The maximum Gasteiger partial charge on any atom is 0.253 e. The van der Waals surface area contributed by atoms with E-state index in [2.05, 4.69) is 32.0 Å². The minimum atomic E-state index is 0.0686. The third-order valence-electron chi connectivity index (χ3n) is 3.28. The lowest BCUT2D eigenvalue weighted by Gasteiger charge is -2.10. The van der Waals surface area contributed by atoms with Crippen LogP contribution in [0.2, 0.25) is 0 Å². The third kappa shape index (κ3) is 2.03. The molecule has 2 aromatic rings. The van der Waals surface area contributed by atoms with E-state index in [0.717, 1.165) is 11.1 Å². The Kier molecular flexibility index (Phi) is 2.88. The van der Waals surface area contributed by atoms with Gasteiger partial charge in [0.05, 0.1) is 0 Å². The molecule has 0 radical (unpaired) electrons. The lowest BCUT2D eigenvalue weighted by molar-refractivity contribution is 0.850. The predicted molar refractivity (Wildman–Crippen MR) is 71.3 cm³/mol. The summed E-state index contributed by atoms with van der Waals surface area (Å²) in [5.74, 6) is 0. The van der Waals surface area contributed by atoms with Gasteiger partial charge < -0.3 is 4.57 Å². The molecule has 0 atom stereocenters. The first-order chi connectivity index (χ1) is 8.00. The van der Waals surface area contributed by atoms with Gasteiger partial charge in [0.1, 0.15) is 0 Å². The SMILES string of the molecule is Cc1cccc(-c2cc(C)c(=O)n(C)c2)c1C. The molecule has 0 N–H and O–H groups in total. The molecule has 2 nitrogen and oxygen atoms in total. The van der Waals surface area contributed by atoms with Gasteiger partial charge in [-0.05, 0) is 49.1 Å². The summed E-state index contributed by atoms with van der Waals surface area (Å²) < 4.78 is 1.65. The largest absolute Gasteiger partial charge is 0.318 e. The van der Waals surface area contributed by atoms with Crippen LogP contribution in [-0.4, -0.2) is 4.57 Å². The van der Waals surface area contributed by atoms with Crippen LogP contribution in [0.3, 0.4) is 0 Å². The number of pyridine rings is 1. The van der Waals surface area contributed by atoms with E-state index in [9.17, 15) is 4.79 Å². The van der Waals surface area contributed by atoms with E-state index >= 15 is 0 Å². The second-order valence-corrected chi connectivity index (χ2v) is 4.58. The van der Waals surface area contributed by atoms with Crippen LogP contribution in [0.25, 0.3) is 11.1 Å². The Morgan fingerprint density at radius 1 is 1.06 bits per heavy atom. The Morgan fingerprint density at radius 3 is 2.41 bits per heavy atom. The second kappa shape index (κ2) is 4.21. The van der Waals surface area contributed by atoms with Crippen LogP contribution in [0.4, 0.5) is 0 Å². The van der Waals surface area contributed by atoms with E-state index in [1.807, 2.05) is 19.2 Å². The Morgan fingerprint density at radius 2 is 1.76 bits per heavy atom. The lowest BCUT2D eigenvalue weighted by atomic mass is 9.97. The molecule has 0 aliphatic carbocycles. The molecule has 1 aromatic carbocycles. The van der Waals surface area contributed by atoms with Crippen LogP contribution in [0.15, 0.2) is 35.3 Å². The number of hydrogen-bond acceptors (Lipinski definition) is 1. The Balaban J connectivity index is 2.69. The van der Waals surface area contributed by atoms with Gasteiger partial charge in [-0.25, -0.2) is 0 Å². The van der Waals surface area contributed by atoms with E-state index in [1.165, 1.54) is 16.7 Å². The summed E-state index contributed by atoms with van der Waals surface area (Å²) >= 11 is 0. The molecule has 0 saturated carbocycles. The Hall–Kier alpha value is -1.83. The number of nitrogens with zero attached hydrogens (tertiary/aromatic N) is 1. The maximum absolute atomic E-state index is 11.7. The Bertz CT molecular complexity index is 597. The topological polar surface area (TPSA) is 22.0 Å². The molecule has 0 unspecified atom stereocenters. The summed E-state index contributed by atoms with van der Waals surface area (Å²) in [6, 6.07) is 8.22. The smallest absolute Gasteiger partial charge is 0.253 e. The van der Waals surface area contributed by atoms with Crippen molar-refractivity contribution in [1.29, 1.82) is 0 Å². The van der Waals surface area contributed by atoms with Crippen LogP contribution >= 0.6 is 0 Å². The highest BCUT2D eigenvalue weighted by atomic mass is 16.1. The van der Waals surface area contributed by atoms with Crippen molar-refractivity contribution in [3.05, 3.63) is 57.5 Å². The van der Waals surface area contributed by atoms with Gasteiger partial charge in [-0.15, -0.1) is 0 Å². The number of rotatable bonds is 1. The van der Waals surface area contributed by atoms with Crippen molar-refractivity contribution >= 4 is 0 Å². The van der Waals surface area contributed by atoms with Crippen LogP contribution in [0.5, 0.6) is 0 Å². The fourth-order valence-electron chi connectivity index (χ4n) is 2.09. The van der Waals surface area contributed by atoms with Crippen molar-refractivity contribution < 1.29 is 0 Å². The molecule has 0 aliphatic rings. The molecule has 2 rings (SSSR count). The van der Waals surface area contributed by atoms with E-state index in [1.54, 1.807) is 11.6 Å². The number of hydrogen-bond donors (Lipinski definition) is 0. The van der Waals surface area contributed by atoms with Crippen LogP contribution in [0.1, 0.15) is 16.7 Å². The average molecular weight is 227 g/mol. The molecular formula is C15H17NO. The van der Waals surface area contributed by atoms with Gasteiger partial charge in [0.2, 0.25) is 0 Å². The second-order valence-electron chi connectivity index (χ2n) is 4.58. The highest BCUT2D eigenvalue weighted by Crippen LogP contribution is 2.24. The monoisotopic (exact) mass is 227 g/mol. The predicted octanol–water partition coefficient (Wildman–Crippen LogP) is 2.98. The van der Waals surface area contributed by atoms with Gasteiger partial charge >= 0.3 is 0 Å². The average Bonchev–Trinajstić information content (AvgIpc) is 2.29. The van der Waals surface area contributed by atoms with Gasteiger partial charge in [-0.2, -0.15) is 0 Å². The quantitative estimate of drug-likeness (QED) is 0.734. The summed E-state index contributed by atoms with van der Waals surface area (Å²) in [7, 11) is 1.80. The zero-order valence-electron chi connectivity index (χ0n) is 10.7. The molecule has 88 valence electrons. The van der Waals surface area contributed by atoms with E-state index in [0.29, 0.717) is 0 Å². The maximum atomic E-state index is 11.7. The molecule has 0 spiro atoms. The van der Waals surface area contributed by atoms with Crippen molar-refractivity contribution in [2.45, 2.75) is 20.8 Å². The summed E-state index contributed by atoms with van der Waals surface area (Å²) in [4.78, 5) is 11.7. The molecule has 0 fully saturated rings. The fraction of sp³-hybridized carbons (Fsp3) is 0.267. The van der Waals surface area contributed by atoms with Crippen molar-refractivity contribution in [2.75, 3.05) is 0 Å². The summed E-state index contributed by atoms with van der Waals surface area (Å²) in [5.41, 5.74) is 5.69. The zero-order valence-corrected chi connectivity index (χ0v) is 10.7. The van der Waals surface area contributed by atoms with Crippen molar-refractivity contribution in [1.82, 2.24) is 4.57 Å². The molecule has 0 saturated heterocycles. The molecule has 0 amide bonds. The van der Waals surface area contributed by atoms with Gasteiger partial charge in [0.25, 0.3) is 5.56 Å². The van der Waals surface area contributed by atoms with E-state index in [-0.39, 0.29) is 5.56 Å². The van der Waals surface area contributed by atoms with Crippen LogP contribution < -0.4 is 5.56 Å². The Labute approximate surface area is 102 Å².